The summed E-state index contributed by atoms with van der Waals surface area (Å²) in [6.07, 6.45) is 1.67. The fourth-order valence-corrected chi connectivity index (χ4v) is 3.23. The van der Waals surface area contributed by atoms with Crippen molar-refractivity contribution in [2.45, 2.75) is 17.8 Å². The molecule has 0 atom stereocenters. The van der Waals surface area contributed by atoms with Gasteiger partial charge in [0.1, 0.15) is 6.33 Å². The van der Waals surface area contributed by atoms with E-state index in [1.807, 2.05) is 42.8 Å². The number of rotatable bonds is 6. The molecule has 8 heteroatoms. The minimum absolute atomic E-state index is 0.254. The topological polar surface area (TPSA) is 72.2 Å². The summed E-state index contributed by atoms with van der Waals surface area (Å²) in [7, 11) is 1.91. The smallest absolute Gasteiger partial charge is 0.271 e. The number of thioether (sulfide) groups is 1. The van der Waals surface area contributed by atoms with E-state index in [0.29, 0.717) is 16.3 Å². The quantitative estimate of drug-likeness (QED) is 0.387. The zero-order chi connectivity index (χ0) is 19.2. The largest absolute Gasteiger partial charge is 0.312 e. The second-order valence-electron chi connectivity index (χ2n) is 5.86. The van der Waals surface area contributed by atoms with Crippen molar-refractivity contribution in [2.24, 2.45) is 12.1 Å². The van der Waals surface area contributed by atoms with E-state index in [1.165, 1.54) is 0 Å². The van der Waals surface area contributed by atoms with Crippen molar-refractivity contribution in [3.8, 4) is 0 Å². The van der Waals surface area contributed by atoms with Gasteiger partial charge in [0.25, 0.3) is 5.91 Å². The van der Waals surface area contributed by atoms with E-state index in [9.17, 15) is 4.79 Å². The maximum Gasteiger partial charge on any atom is 0.271 e. The van der Waals surface area contributed by atoms with Crippen molar-refractivity contribution in [1.82, 2.24) is 20.2 Å². The van der Waals surface area contributed by atoms with Crippen LogP contribution in [0.25, 0.3) is 0 Å². The van der Waals surface area contributed by atoms with Crippen molar-refractivity contribution in [2.75, 3.05) is 0 Å². The number of halogens is 1. The summed E-state index contributed by atoms with van der Waals surface area (Å²) in [5.74, 6) is 0.498. The van der Waals surface area contributed by atoms with Crippen LogP contribution in [-0.2, 0) is 12.8 Å². The maximum absolute atomic E-state index is 12.3. The lowest BCUT2D eigenvalue weighted by Crippen LogP contribution is -2.19. The Hall–Kier alpha value is -2.64. The van der Waals surface area contributed by atoms with Crippen LogP contribution >= 0.6 is 23.4 Å². The summed E-state index contributed by atoms with van der Waals surface area (Å²) in [5, 5.41) is 13.6. The first-order valence-electron chi connectivity index (χ1n) is 8.19. The second kappa shape index (κ2) is 8.83. The molecule has 3 aromatic rings. The van der Waals surface area contributed by atoms with Gasteiger partial charge in [0, 0.05) is 23.4 Å². The van der Waals surface area contributed by atoms with Crippen LogP contribution in [0.1, 0.15) is 28.4 Å². The molecule has 138 valence electrons. The molecule has 6 nitrogen and oxygen atoms in total. The summed E-state index contributed by atoms with van der Waals surface area (Å²) < 4.78 is 1.87. The number of hydrogen-bond donors (Lipinski definition) is 1. The molecule has 1 N–H and O–H groups in total. The average Bonchev–Trinajstić information content (AvgIpc) is 3.10. The third kappa shape index (κ3) is 5.18. The van der Waals surface area contributed by atoms with Gasteiger partial charge in [-0.3, -0.25) is 4.79 Å². The Morgan fingerprint density at radius 3 is 2.44 bits per heavy atom. The number of hydrazone groups is 1. The second-order valence-corrected chi connectivity index (χ2v) is 7.23. The number of nitrogens with one attached hydrogen (secondary N) is 1. The predicted octanol–water partition coefficient (Wildman–Crippen LogP) is 3.91. The van der Waals surface area contributed by atoms with Gasteiger partial charge in [0.2, 0.25) is 0 Å². The van der Waals surface area contributed by atoms with E-state index < -0.39 is 0 Å². The summed E-state index contributed by atoms with van der Waals surface area (Å²) in [4.78, 5) is 12.3. The number of carbonyl (C=O) groups excluding carboxylic acids is 1. The number of nitrogens with zero attached hydrogens (tertiary/aromatic N) is 4. The molecule has 1 amide bonds. The Balaban J connectivity index is 1.57. The zero-order valence-electron chi connectivity index (χ0n) is 14.9. The maximum atomic E-state index is 12.3. The lowest BCUT2D eigenvalue weighted by Gasteiger charge is -2.05. The van der Waals surface area contributed by atoms with Crippen molar-refractivity contribution < 1.29 is 4.79 Å². The molecule has 0 fully saturated rings. The van der Waals surface area contributed by atoms with Crippen LogP contribution in [0, 0.1) is 0 Å². The minimum Gasteiger partial charge on any atom is -0.312 e. The van der Waals surface area contributed by atoms with Crippen molar-refractivity contribution in [1.29, 1.82) is 0 Å². The number of hydrogen-bond acceptors (Lipinski definition) is 5. The highest BCUT2D eigenvalue weighted by Crippen LogP contribution is 2.20. The van der Waals surface area contributed by atoms with Crippen molar-refractivity contribution >= 4 is 35.0 Å². The summed E-state index contributed by atoms with van der Waals surface area (Å²) in [6.45, 7) is 1.83. The van der Waals surface area contributed by atoms with Crippen molar-refractivity contribution in [3.05, 3.63) is 76.6 Å². The van der Waals surface area contributed by atoms with E-state index in [-0.39, 0.29) is 5.91 Å². The third-order valence-corrected chi connectivity index (χ3v) is 5.20. The first-order chi connectivity index (χ1) is 13.0. The number of aromatic nitrogens is 3. The molecule has 2 aromatic carbocycles. The molecule has 0 unspecified atom stereocenters. The van der Waals surface area contributed by atoms with E-state index >= 15 is 0 Å². The van der Waals surface area contributed by atoms with Gasteiger partial charge in [-0.25, -0.2) is 5.43 Å². The Morgan fingerprint density at radius 2 is 1.81 bits per heavy atom. The first-order valence-corrected chi connectivity index (χ1v) is 9.55. The van der Waals surface area contributed by atoms with Gasteiger partial charge >= 0.3 is 0 Å². The molecule has 0 aliphatic heterocycles. The van der Waals surface area contributed by atoms with Crippen LogP contribution in [0.3, 0.4) is 0 Å². The van der Waals surface area contributed by atoms with Gasteiger partial charge in [-0.1, -0.05) is 47.6 Å². The van der Waals surface area contributed by atoms with Crippen LogP contribution in [-0.4, -0.2) is 26.4 Å². The van der Waals surface area contributed by atoms with E-state index in [2.05, 4.69) is 20.7 Å². The molecule has 0 bridgehead atoms. The van der Waals surface area contributed by atoms with Crippen LogP contribution < -0.4 is 5.43 Å². The van der Waals surface area contributed by atoms with Crippen LogP contribution in [0.15, 0.2) is 65.1 Å². The SMILES string of the molecule is CC(=NNC(=O)c1ccc(CSc2nncn2C)cc1)c1ccc(Cl)cc1. The molecule has 0 saturated carbocycles. The first kappa shape index (κ1) is 19.1. The molecule has 1 heterocycles. The highest BCUT2D eigenvalue weighted by molar-refractivity contribution is 7.98. The fourth-order valence-electron chi connectivity index (χ4n) is 2.26. The highest BCUT2D eigenvalue weighted by Gasteiger charge is 2.07. The van der Waals surface area contributed by atoms with Crippen molar-refractivity contribution in [3.63, 3.8) is 0 Å². The molecule has 27 heavy (non-hydrogen) atoms. The molecule has 0 aliphatic carbocycles. The Labute approximate surface area is 166 Å². The van der Waals surface area contributed by atoms with Gasteiger partial charge in [-0.15, -0.1) is 10.2 Å². The van der Waals surface area contributed by atoms with Gasteiger partial charge in [0.05, 0.1) is 5.71 Å². The van der Waals surface area contributed by atoms with Crippen LogP contribution in [0.4, 0.5) is 0 Å². The zero-order valence-corrected chi connectivity index (χ0v) is 16.5. The Kier molecular flexibility index (Phi) is 6.26. The summed E-state index contributed by atoms with van der Waals surface area (Å²) in [6, 6.07) is 14.7. The normalized spacial score (nSPS) is 11.4. The molecule has 0 spiro atoms. The minimum atomic E-state index is -0.254. The fraction of sp³-hybridized carbons (Fsp3) is 0.158. The van der Waals surface area contributed by atoms with Gasteiger partial charge in [0.15, 0.2) is 5.16 Å². The van der Waals surface area contributed by atoms with Gasteiger partial charge in [-0.2, -0.15) is 5.10 Å². The van der Waals surface area contributed by atoms with E-state index in [0.717, 1.165) is 22.0 Å². The van der Waals surface area contributed by atoms with Crippen LogP contribution in [0.5, 0.6) is 0 Å². The standard InChI is InChI=1S/C19H18ClN5OS/c1-13(15-7-9-17(20)10-8-15)22-23-18(26)16-5-3-14(4-6-16)11-27-19-24-21-12-25(19)2/h3-10,12H,11H2,1-2H3,(H,23,26). The Bertz CT molecular complexity index is 951. The van der Waals surface area contributed by atoms with E-state index in [4.69, 9.17) is 11.6 Å². The molecule has 0 saturated heterocycles. The van der Waals surface area contributed by atoms with E-state index in [1.54, 1.807) is 42.4 Å². The Morgan fingerprint density at radius 1 is 1.15 bits per heavy atom. The molecular formula is C19H18ClN5OS. The lowest BCUT2D eigenvalue weighted by molar-refractivity contribution is 0.0955. The average molecular weight is 400 g/mol. The molecule has 3 rings (SSSR count). The predicted molar refractivity (Wildman–Crippen MR) is 108 cm³/mol. The summed E-state index contributed by atoms with van der Waals surface area (Å²) >= 11 is 7.47. The number of benzene rings is 2. The summed E-state index contributed by atoms with van der Waals surface area (Å²) in [5.41, 5.74) is 5.84. The molecule has 0 aliphatic rings. The molecule has 1 aromatic heterocycles. The highest BCUT2D eigenvalue weighted by atomic mass is 35.5. The van der Waals surface area contributed by atoms with Crippen LogP contribution in [0.2, 0.25) is 5.02 Å². The molecule has 0 radical (unpaired) electrons. The monoisotopic (exact) mass is 399 g/mol. The number of aryl methyl sites for hydroxylation is 1. The van der Waals surface area contributed by atoms with Gasteiger partial charge in [-0.05, 0) is 42.3 Å². The number of carbonyl (C=O) groups is 1. The molecular weight excluding hydrogens is 382 g/mol. The third-order valence-electron chi connectivity index (χ3n) is 3.84. The number of amides is 1. The lowest BCUT2D eigenvalue weighted by atomic mass is 10.1. The van der Waals surface area contributed by atoms with Gasteiger partial charge < -0.3 is 4.57 Å².